The molecule has 0 saturated carbocycles. The van der Waals surface area contributed by atoms with Crippen molar-refractivity contribution in [3.8, 4) is 17.1 Å². The van der Waals surface area contributed by atoms with Crippen molar-refractivity contribution in [3.63, 3.8) is 0 Å². The van der Waals surface area contributed by atoms with Crippen molar-refractivity contribution in [1.29, 1.82) is 0 Å². The molecule has 3 aromatic rings. The Bertz CT molecular complexity index is 733. The Hall–Kier alpha value is -2.11. The number of aromatic hydroxyl groups is 1. The van der Waals surface area contributed by atoms with Gasteiger partial charge < -0.3 is 9.63 Å². The summed E-state index contributed by atoms with van der Waals surface area (Å²) in [5.41, 5.74) is 1.74. The molecule has 0 unspecified atom stereocenters. The lowest BCUT2D eigenvalue weighted by Gasteiger charge is -1.95. The minimum Gasteiger partial charge on any atom is -0.508 e. The van der Waals surface area contributed by atoms with Crippen molar-refractivity contribution in [2.24, 2.45) is 0 Å². The maximum absolute atomic E-state index is 9.22. The molecule has 0 bridgehead atoms. The first-order valence-electron chi connectivity index (χ1n) is 5.75. The molecule has 0 aliphatic rings. The van der Waals surface area contributed by atoms with Crippen LogP contribution in [0.5, 0.6) is 5.75 Å². The third-order valence-corrected chi connectivity index (χ3v) is 3.55. The van der Waals surface area contributed by atoms with Crippen LogP contribution < -0.4 is 0 Å². The zero-order valence-electron chi connectivity index (χ0n) is 10.2. The zero-order valence-corrected chi connectivity index (χ0v) is 11.7. The molecule has 4 nitrogen and oxygen atoms in total. The Kier molecular flexibility index (Phi) is 3.54. The number of rotatable bonds is 3. The molecule has 6 heteroatoms. The molecule has 1 N–H and O–H groups in total. The number of halogens is 1. The highest BCUT2D eigenvalue weighted by Gasteiger charge is 2.11. The summed E-state index contributed by atoms with van der Waals surface area (Å²) in [5, 5.41) is 17.3. The molecule has 0 radical (unpaired) electrons. The van der Waals surface area contributed by atoms with Gasteiger partial charge in [0.1, 0.15) is 10.8 Å². The van der Waals surface area contributed by atoms with Crippen LogP contribution in [0.25, 0.3) is 22.5 Å². The molecule has 2 heterocycles. The van der Waals surface area contributed by atoms with Gasteiger partial charge in [-0.1, -0.05) is 28.9 Å². The van der Waals surface area contributed by atoms with Crippen LogP contribution in [0, 0.1) is 0 Å². The predicted molar refractivity (Wildman–Crippen MR) is 79.4 cm³/mol. The van der Waals surface area contributed by atoms with E-state index in [2.05, 4.69) is 10.1 Å². The Morgan fingerprint density at radius 2 is 2.05 bits per heavy atom. The maximum atomic E-state index is 9.22. The standard InChI is InChI=1S/C14H9ClN2O2S/c15-12(7-9-1-3-11(18)4-2-9)14-16-13(17-19-14)10-5-6-20-8-10/h1-8,18H/b12-7-. The quantitative estimate of drug-likeness (QED) is 0.786. The van der Waals surface area contributed by atoms with Gasteiger partial charge >= 0.3 is 0 Å². The fraction of sp³-hybridized carbons (Fsp3) is 0. The summed E-state index contributed by atoms with van der Waals surface area (Å²) >= 11 is 7.72. The smallest absolute Gasteiger partial charge is 0.269 e. The van der Waals surface area contributed by atoms with Gasteiger partial charge in [-0.2, -0.15) is 16.3 Å². The SMILES string of the molecule is Oc1ccc(/C=C(\Cl)c2nc(-c3ccsc3)no2)cc1. The maximum Gasteiger partial charge on any atom is 0.269 e. The lowest BCUT2D eigenvalue weighted by molar-refractivity contribution is 0.410. The molecule has 0 amide bonds. The first kappa shape index (κ1) is 12.9. The largest absolute Gasteiger partial charge is 0.508 e. The summed E-state index contributed by atoms with van der Waals surface area (Å²) in [4.78, 5) is 4.25. The second kappa shape index (κ2) is 5.48. The fourth-order valence-corrected chi connectivity index (χ4v) is 2.45. The van der Waals surface area contributed by atoms with Gasteiger partial charge in [-0.3, -0.25) is 0 Å². The van der Waals surface area contributed by atoms with Gasteiger partial charge in [0.25, 0.3) is 5.89 Å². The molecule has 0 saturated heterocycles. The number of aromatic nitrogens is 2. The number of nitrogens with zero attached hydrogens (tertiary/aromatic N) is 2. The zero-order chi connectivity index (χ0) is 13.9. The van der Waals surface area contributed by atoms with E-state index in [1.165, 1.54) is 0 Å². The number of thiophene rings is 1. The highest BCUT2D eigenvalue weighted by molar-refractivity contribution is 7.08. The Labute approximate surface area is 124 Å². The second-order valence-corrected chi connectivity index (χ2v) is 5.21. The van der Waals surface area contributed by atoms with E-state index in [1.807, 2.05) is 16.8 Å². The van der Waals surface area contributed by atoms with E-state index < -0.39 is 0 Å². The summed E-state index contributed by atoms with van der Waals surface area (Å²) in [6, 6.07) is 8.57. The number of hydrogen-bond acceptors (Lipinski definition) is 5. The minimum atomic E-state index is 0.204. The number of phenols is 1. The van der Waals surface area contributed by atoms with E-state index in [0.29, 0.717) is 10.9 Å². The van der Waals surface area contributed by atoms with Gasteiger partial charge in [-0.25, -0.2) is 0 Å². The van der Waals surface area contributed by atoms with Crippen LogP contribution in [0.4, 0.5) is 0 Å². The molecule has 3 rings (SSSR count). The third kappa shape index (κ3) is 2.74. The van der Waals surface area contributed by atoms with Gasteiger partial charge in [0.15, 0.2) is 0 Å². The summed E-state index contributed by atoms with van der Waals surface area (Å²) in [7, 11) is 0. The van der Waals surface area contributed by atoms with E-state index >= 15 is 0 Å². The van der Waals surface area contributed by atoms with Gasteiger partial charge in [0, 0.05) is 10.9 Å². The fourth-order valence-electron chi connectivity index (χ4n) is 1.61. The minimum absolute atomic E-state index is 0.204. The molecule has 0 aliphatic heterocycles. The van der Waals surface area contributed by atoms with Crippen molar-refractivity contribution >= 4 is 34.0 Å². The predicted octanol–water partition coefficient (Wildman–Crippen LogP) is 4.24. The van der Waals surface area contributed by atoms with Crippen molar-refractivity contribution < 1.29 is 9.63 Å². The van der Waals surface area contributed by atoms with E-state index in [1.54, 1.807) is 41.7 Å². The molecular weight excluding hydrogens is 296 g/mol. The van der Waals surface area contributed by atoms with E-state index in [-0.39, 0.29) is 11.6 Å². The molecule has 0 atom stereocenters. The number of phenolic OH excluding ortho intramolecular Hbond substituents is 1. The van der Waals surface area contributed by atoms with Crippen LogP contribution in [0.3, 0.4) is 0 Å². The highest BCUT2D eigenvalue weighted by atomic mass is 35.5. The van der Waals surface area contributed by atoms with E-state index in [0.717, 1.165) is 11.1 Å². The van der Waals surface area contributed by atoms with Crippen molar-refractivity contribution in [1.82, 2.24) is 10.1 Å². The van der Waals surface area contributed by atoms with Gasteiger partial charge in [-0.15, -0.1) is 0 Å². The van der Waals surface area contributed by atoms with E-state index in [4.69, 9.17) is 16.1 Å². The van der Waals surface area contributed by atoms with Gasteiger partial charge in [-0.05, 0) is 35.2 Å². The summed E-state index contributed by atoms with van der Waals surface area (Å²) in [6.45, 7) is 0. The van der Waals surface area contributed by atoms with Crippen LogP contribution in [0.2, 0.25) is 0 Å². The molecule has 0 spiro atoms. The molecule has 20 heavy (non-hydrogen) atoms. The van der Waals surface area contributed by atoms with Crippen molar-refractivity contribution in [2.75, 3.05) is 0 Å². The molecule has 0 fully saturated rings. The summed E-state index contributed by atoms with van der Waals surface area (Å²) in [5.74, 6) is 0.982. The monoisotopic (exact) mass is 304 g/mol. The summed E-state index contributed by atoms with van der Waals surface area (Å²) < 4.78 is 5.14. The van der Waals surface area contributed by atoms with Crippen LogP contribution in [0.15, 0.2) is 45.6 Å². The first-order chi connectivity index (χ1) is 9.72. The van der Waals surface area contributed by atoms with Crippen LogP contribution in [-0.2, 0) is 0 Å². The average molecular weight is 305 g/mol. The Morgan fingerprint density at radius 3 is 2.75 bits per heavy atom. The molecule has 0 aliphatic carbocycles. The van der Waals surface area contributed by atoms with Crippen LogP contribution in [0.1, 0.15) is 11.5 Å². The van der Waals surface area contributed by atoms with Crippen LogP contribution >= 0.6 is 22.9 Å². The number of hydrogen-bond donors (Lipinski definition) is 1. The van der Waals surface area contributed by atoms with E-state index in [9.17, 15) is 5.11 Å². The first-order valence-corrected chi connectivity index (χ1v) is 7.07. The van der Waals surface area contributed by atoms with Crippen molar-refractivity contribution in [3.05, 3.63) is 52.5 Å². The lowest BCUT2D eigenvalue weighted by Crippen LogP contribution is -1.79. The number of benzene rings is 1. The Morgan fingerprint density at radius 1 is 1.25 bits per heavy atom. The summed E-state index contributed by atoms with van der Waals surface area (Å²) in [6.07, 6.45) is 1.70. The molecule has 100 valence electrons. The highest BCUT2D eigenvalue weighted by Crippen LogP contribution is 2.25. The average Bonchev–Trinajstić information content (AvgIpc) is 3.11. The lowest BCUT2D eigenvalue weighted by atomic mass is 10.2. The molecule has 1 aromatic carbocycles. The normalized spacial score (nSPS) is 11.8. The second-order valence-electron chi connectivity index (χ2n) is 4.02. The van der Waals surface area contributed by atoms with Gasteiger partial charge in [0.2, 0.25) is 5.82 Å². The molecular formula is C14H9ClN2O2S. The topological polar surface area (TPSA) is 59.2 Å². The molecule has 2 aromatic heterocycles. The van der Waals surface area contributed by atoms with Crippen LogP contribution in [-0.4, -0.2) is 15.2 Å². The van der Waals surface area contributed by atoms with Gasteiger partial charge in [0.05, 0.1) is 0 Å². The van der Waals surface area contributed by atoms with Crippen molar-refractivity contribution in [2.45, 2.75) is 0 Å². The Balaban J connectivity index is 1.87. The third-order valence-electron chi connectivity index (χ3n) is 2.60.